The van der Waals surface area contributed by atoms with Crippen LogP contribution in [0.15, 0.2) is 30.5 Å². The molecule has 2 saturated heterocycles. The van der Waals surface area contributed by atoms with Gasteiger partial charge in [0.25, 0.3) is 0 Å². The molecule has 2 aliphatic heterocycles. The molecule has 0 radical (unpaired) electrons. The van der Waals surface area contributed by atoms with Gasteiger partial charge in [-0.25, -0.2) is 4.39 Å². The summed E-state index contributed by atoms with van der Waals surface area (Å²) in [6.45, 7) is 1.63. The number of nitrogens with zero attached hydrogens (tertiary/aromatic N) is 5. The Kier molecular flexibility index (Phi) is 5.28. The quantitative estimate of drug-likeness (QED) is 0.856. The van der Waals surface area contributed by atoms with E-state index in [4.69, 9.17) is 5.26 Å². The predicted octanol–water partition coefficient (Wildman–Crippen LogP) is 2.06. The number of hydrogen-bond donors (Lipinski definition) is 1. The molecular formula is C21H21FN6O. The third kappa shape index (κ3) is 3.85. The van der Waals surface area contributed by atoms with E-state index in [0.717, 1.165) is 24.0 Å². The van der Waals surface area contributed by atoms with E-state index in [0.29, 0.717) is 17.6 Å². The number of carbonyl (C=O) groups excluding carboxylic acids is 1. The maximum Gasteiger partial charge on any atom is 0.237 e. The van der Waals surface area contributed by atoms with Crippen LogP contribution in [-0.2, 0) is 4.79 Å². The van der Waals surface area contributed by atoms with Gasteiger partial charge in [0, 0.05) is 42.8 Å². The summed E-state index contributed by atoms with van der Waals surface area (Å²) in [5, 5.41) is 22.8. The van der Waals surface area contributed by atoms with Crippen LogP contribution in [0.1, 0.15) is 18.4 Å². The third-order valence-corrected chi connectivity index (χ3v) is 5.60. The smallest absolute Gasteiger partial charge is 0.237 e. The Hall–Kier alpha value is -3.23. The molecule has 4 rings (SSSR count). The molecule has 2 aliphatic rings. The van der Waals surface area contributed by atoms with Crippen molar-refractivity contribution >= 4 is 22.5 Å². The Morgan fingerprint density at radius 2 is 2.17 bits per heavy atom. The van der Waals surface area contributed by atoms with Crippen LogP contribution in [0.5, 0.6) is 0 Å². The molecule has 0 aliphatic carbocycles. The molecule has 1 N–H and O–H groups in total. The van der Waals surface area contributed by atoms with Gasteiger partial charge in [0.2, 0.25) is 5.91 Å². The highest BCUT2D eigenvalue weighted by Gasteiger charge is 2.36. The molecule has 0 spiro atoms. The molecule has 8 heteroatoms. The first-order chi connectivity index (χ1) is 14.1. The maximum atomic E-state index is 13.6. The summed E-state index contributed by atoms with van der Waals surface area (Å²) in [5.41, 5.74) is 2.12. The maximum absolute atomic E-state index is 13.6. The van der Waals surface area contributed by atoms with Gasteiger partial charge in [-0.3, -0.25) is 14.7 Å². The van der Waals surface area contributed by atoms with Crippen LogP contribution in [0.4, 0.5) is 10.1 Å². The molecule has 0 saturated carbocycles. The van der Waals surface area contributed by atoms with Crippen LogP contribution < -0.4 is 5.32 Å². The highest BCUT2D eigenvalue weighted by molar-refractivity contribution is 5.94. The fourth-order valence-electron chi connectivity index (χ4n) is 4.17. The van der Waals surface area contributed by atoms with Gasteiger partial charge in [-0.1, -0.05) is 0 Å². The van der Waals surface area contributed by atoms with E-state index >= 15 is 0 Å². The van der Waals surface area contributed by atoms with Gasteiger partial charge in [-0.15, -0.1) is 0 Å². The summed E-state index contributed by atoms with van der Waals surface area (Å²) in [4.78, 5) is 20.3. The SMILES string of the molecule is N#Cc1ccc(N[C@H]2CCN(CC(=O)N3C[C@@H](F)C[C@H]3C#N)C2)c2cccnc12. The molecule has 3 atom stereocenters. The van der Waals surface area contributed by atoms with Crippen molar-refractivity contribution in [2.75, 3.05) is 31.5 Å². The Morgan fingerprint density at radius 3 is 2.97 bits per heavy atom. The minimum Gasteiger partial charge on any atom is -0.380 e. The number of anilines is 1. The summed E-state index contributed by atoms with van der Waals surface area (Å²) < 4.78 is 13.6. The molecular weight excluding hydrogens is 371 g/mol. The van der Waals surface area contributed by atoms with Crippen LogP contribution >= 0.6 is 0 Å². The Morgan fingerprint density at radius 1 is 1.31 bits per heavy atom. The standard InChI is InChI=1S/C21H21FN6O/c22-15-8-17(10-24)28(11-15)20(29)13-27-7-5-16(12-27)26-19-4-3-14(9-23)21-18(19)2-1-6-25-21/h1-4,6,15-17,26H,5,7-8,11-13H2/t15-,16-,17-/m0/s1. The number of aromatic nitrogens is 1. The summed E-state index contributed by atoms with van der Waals surface area (Å²) in [5.74, 6) is -0.189. The van der Waals surface area contributed by atoms with Crippen molar-refractivity contribution in [1.29, 1.82) is 10.5 Å². The number of amides is 1. The van der Waals surface area contributed by atoms with E-state index in [1.807, 2.05) is 29.2 Å². The lowest BCUT2D eigenvalue weighted by Crippen LogP contribution is -2.42. The van der Waals surface area contributed by atoms with Gasteiger partial charge in [-0.2, -0.15) is 10.5 Å². The summed E-state index contributed by atoms with van der Waals surface area (Å²) >= 11 is 0. The van der Waals surface area contributed by atoms with Crippen LogP contribution in [0.3, 0.4) is 0 Å². The first-order valence-corrected chi connectivity index (χ1v) is 9.69. The topological polar surface area (TPSA) is 96.0 Å². The van der Waals surface area contributed by atoms with Crippen molar-refractivity contribution in [2.24, 2.45) is 0 Å². The summed E-state index contributed by atoms with van der Waals surface area (Å²) in [6.07, 6.45) is 1.52. The molecule has 1 aromatic carbocycles. The van der Waals surface area contributed by atoms with E-state index in [-0.39, 0.29) is 31.5 Å². The van der Waals surface area contributed by atoms with Gasteiger partial charge in [0.05, 0.1) is 30.2 Å². The first-order valence-electron chi connectivity index (χ1n) is 9.69. The Labute approximate surface area is 168 Å². The number of halogens is 1. The second kappa shape index (κ2) is 8.02. The van der Waals surface area contributed by atoms with Crippen molar-refractivity contribution in [2.45, 2.75) is 31.1 Å². The number of alkyl halides is 1. The highest BCUT2D eigenvalue weighted by Crippen LogP contribution is 2.27. The molecule has 2 aromatic rings. The number of carbonyl (C=O) groups is 1. The molecule has 148 valence electrons. The largest absolute Gasteiger partial charge is 0.380 e. The highest BCUT2D eigenvalue weighted by atomic mass is 19.1. The second-order valence-electron chi connectivity index (χ2n) is 7.56. The lowest BCUT2D eigenvalue weighted by Gasteiger charge is -2.23. The van der Waals surface area contributed by atoms with Crippen molar-refractivity contribution < 1.29 is 9.18 Å². The second-order valence-corrected chi connectivity index (χ2v) is 7.56. The minimum atomic E-state index is -1.12. The van der Waals surface area contributed by atoms with E-state index in [1.165, 1.54) is 4.90 Å². The summed E-state index contributed by atoms with van der Waals surface area (Å²) in [6, 6.07) is 11.1. The average molecular weight is 392 g/mol. The molecule has 3 heterocycles. The lowest BCUT2D eigenvalue weighted by atomic mass is 10.1. The molecule has 1 aromatic heterocycles. The van der Waals surface area contributed by atoms with Crippen LogP contribution in [0.25, 0.3) is 10.9 Å². The summed E-state index contributed by atoms with van der Waals surface area (Å²) in [7, 11) is 0. The molecule has 0 unspecified atom stereocenters. The minimum absolute atomic E-state index is 0.0107. The number of pyridine rings is 1. The monoisotopic (exact) mass is 392 g/mol. The fourth-order valence-corrected chi connectivity index (χ4v) is 4.17. The predicted molar refractivity (Wildman–Crippen MR) is 106 cm³/mol. The van der Waals surface area contributed by atoms with Gasteiger partial charge < -0.3 is 10.2 Å². The Balaban J connectivity index is 1.40. The zero-order chi connectivity index (χ0) is 20.4. The number of benzene rings is 1. The number of rotatable bonds is 4. The first kappa shape index (κ1) is 19.1. The van der Waals surface area contributed by atoms with Crippen molar-refractivity contribution in [3.63, 3.8) is 0 Å². The normalized spacial score (nSPS) is 24.4. The van der Waals surface area contributed by atoms with Crippen LogP contribution in [0, 0.1) is 22.7 Å². The van der Waals surface area contributed by atoms with Crippen molar-refractivity contribution in [1.82, 2.24) is 14.8 Å². The fraction of sp³-hybridized carbons (Fsp3) is 0.429. The van der Waals surface area contributed by atoms with Crippen LogP contribution in [0.2, 0.25) is 0 Å². The third-order valence-electron chi connectivity index (χ3n) is 5.60. The molecule has 29 heavy (non-hydrogen) atoms. The van der Waals surface area contributed by atoms with Gasteiger partial charge >= 0.3 is 0 Å². The number of likely N-dealkylation sites (tertiary alicyclic amines) is 2. The number of hydrogen-bond acceptors (Lipinski definition) is 6. The average Bonchev–Trinajstić information content (AvgIpc) is 3.34. The zero-order valence-electron chi connectivity index (χ0n) is 15.9. The number of fused-ring (bicyclic) bond motifs is 1. The Bertz CT molecular complexity index is 1010. The van der Waals surface area contributed by atoms with E-state index in [9.17, 15) is 14.4 Å². The zero-order valence-corrected chi connectivity index (χ0v) is 15.9. The molecule has 0 bridgehead atoms. The van der Waals surface area contributed by atoms with E-state index < -0.39 is 12.2 Å². The van der Waals surface area contributed by atoms with Gasteiger partial charge in [0.1, 0.15) is 18.3 Å². The van der Waals surface area contributed by atoms with Gasteiger partial charge in [0.15, 0.2) is 0 Å². The van der Waals surface area contributed by atoms with E-state index in [2.05, 4.69) is 16.4 Å². The number of nitriles is 2. The van der Waals surface area contributed by atoms with Crippen molar-refractivity contribution in [3.8, 4) is 12.1 Å². The number of nitrogens with one attached hydrogen (secondary N) is 1. The molecule has 1 amide bonds. The van der Waals surface area contributed by atoms with Gasteiger partial charge in [-0.05, 0) is 30.7 Å². The van der Waals surface area contributed by atoms with Crippen LogP contribution in [-0.4, -0.2) is 65.1 Å². The molecule has 7 nitrogen and oxygen atoms in total. The van der Waals surface area contributed by atoms with E-state index in [1.54, 1.807) is 12.3 Å². The van der Waals surface area contributed by atoms with Crippen molar-refractivity contribution in [3.05, 3.63) is 36.0 Å². The lowest BCUT2D eigenvalue weighted by molar-refractivity contribution is -0.132. The molecule has 2 fully saturated rings.